The molecule has 0 aliphatic carbocycles. The van der Waals surface area contributed by atoms with Crippen molar-refractivity contribution in [2.45, 2.75) is 6.54 Å². The summed E-state index contributed by atoms with van der Waals surface area (Å²) in [4.78, 5) is 13.6. The standard InChI is InChI=1S/C16H14F3NO/c1-20(9-12-4-2-3-5-13(12)17)10-16(21)11-6-7-14(18)15(19)8-11/h2-8H,9-10H2,1H3. The zero-order valence-corrected chi connectivity index (χ0v) is 11.4. The van der Waals surface area contributed by atoms with Crippen LogP contribution in [0, 0.1) is 17.5 Å². The van der Waals surface area contributed by atoms with Gasteiger partial charge >= 0.3 is 0 Å². The Morgan fingerprint density at radius 1 is 1.00 bits per heavy atom. The Labute approximate surface area is 120 Å². The minimum Gasteiger partial charge on any atom is -0.294 e. The van der Waals surface area contributed by atoms with E-state index in [2.05, 4.69) is 0 Å². The third-order valence-corrected chi connectivity index (χ3v) is 3.05. The van der Waals surface area contributed by atoms with E-state index in [1.807, 2.05) is 0 Å². The molecule has 0 aromatic heterocycles. The topological polar surface area (TPSA) is 20.3 Å². The molecule has 21 heavy (non-hydrogen) atoms. The minimum atomic E-state index is -1.06. The molecule has 0 aliphatic heterocycles. The third-order valence-electron chi connectivity index (χ3n) is 3.05. The number of carbonyl (C=O) groups is 1. The molecule has 110 valence electrons. The molecule has 0 saturated heterocycles. The highest BCUT2D eigenvalue weighted by molar-refractivity contribution is 5.97. The fourth-order valence-corrected chi connectivity index (χ4v) is 1.98. The molecular weight excluding hydrogens is 279 g/mol. The van der Waals surface area contributed by atoms with Crippen LogP contribution in [0.5, 0.6) is 0 Å². The fraction of sp³-hybridized carbons (Fsp3) is 0.188. The van der Waals surface area contributed by atoms with Gasteiger partial charge in [0.2, 0.25) is 0 Å². The van der Waals surface area contributed by atoms with E-state index < -0.39 is 11.6 Å². The Kier molecular flexibility index (Phi) is 4.75. The van der Waals surface area contributed by atoms with Crippen LogP contribution >= 0.6 is 0 Å². The second kappa shape index (κ2) is 6.54. The van der Waals surface area contributed by atoms with Crippen molar-refractivity contribution in [3.8, 4) is 0 Å². The van der Waals surface area contributed by atoms with Gasteiger partial charge < -0.3 is 0 Å². The first-order valence-electron chi connectivity index (χ1n) is 6.37. The zero-order valence-electron chi connectivity index (χ0n) is 11.4. The Morgan fingerprint density at radius 2 is 1.71 bits per heavy atom. The molecule has 0 saturated carbocycles. The van der Waals surface area contributed by atoms with Crippen LogP contribution in [0.4, 0.5) is 13.2 Å². The minimum absolute atomic E-state index is 0.0145. The molecule has 0 amide bonds. The fourth-order valence-electron chi connectivity index (χ4n) is 1.98. The van der Waals surface area contributed by atoms with E-state index in [0.717, 1.165) is 12.1 Å². The van der Waals surface area contributed by atoms with Crippen molar-refractivity contribution in [3.05, 3.63) is 71.0 Å². The van der Waals surface area contributed by atoms with E-state index in [9.17, 15) is 18.0 Å². The monoisotopic (exact) mass is 293 g/mol. The summed E-state index contributed by atoms with van der Waals surface area (Å²) in [6.07, 6.45) is 0. The van der Waals surface area contributed by atoms with Crippen LogP contribution in [0.25, 0.3) is 0 Å². The lowest BCUT2D eigenvalue weighted by Crippen LogP contribution is -2.26. The molecule has 0 aliphatic rings. The first kappa shape index (κ1) is 15.3. The maximum absolute atomic E-state index is 13.5. The smallest absolute Gasteiger partial charge is 0.176 e. The molecule has 2 nitrogen and oxygen atoms in total. The number of Topliss-reactive ketones (excluding diaryl/α,β-unsaturated/α-hetero) is 1. The summed E-state index contributed by atoms with van der Waals surface area (Å²) in [5.74, 6) is -2.75. The van der Waals surface area contributed by atoms with Gasteiger partial charge in [0, 0.05) is 17.7 Å². The first-order chi connectivity index (χ1) is 9.97. The van der Waals surface area contributed by atoms with Gasteiger partial charge in [-0.05, 0) is 31.3 Å². The van der Waals surface area contributed by atoms with Gasteiger partial charge in [0.1, 0.15) is 5.82 Å². The van der Waals surface area contributed by atoms with Crippen molar-refractivity contribution >= 4 is 5.78 Å². The third kappa shape index (κ3) is 3.92. The van der Waals surface area contributed by atoms with Gasteiger partial charge in [-0.1, -0.05) is 18.2 Å². The molecule has 5 heteroatoms. The summed E-state index contributed by atoms with van der Waals surface area (Å²) in [6.45, 7) is 0.238. The quantitative estimate of drug-likeness (QED) is 0.787. The Bertz CT molecular complexity index is 658. The van der Waals surface area contributed by atoms with Gasteiger partial charge in [0.15, 0.2) is 17.4 Å². The number of rotatable bonds is 5. The maximum Gasteiger partial charge on any atom is 0.176 e. The van der Waals surface area contributed by atoms with Gasteiger partial charge in [-0.15, -0.1) is 0 Å². The van der Waals surface area contributed by atoms with Crippen molar-refractivity contribution in [1.29, 1.82) is 0 Å². The summed E-state index contributed by atoms with van der Waals surface area (Å²) in [7, 11) is 1.66. The number of likely N-dealkylation sites (N-methyl/N-ethyl adjacent to an activating group) is 1. The van der Waals surface area contributed by atoms with Gasteiger partial charge in [-0.3, -0.25) is 9.69 Å². The van der Waals surface area contributed by atoms with Crippen LogP contribution in [0.15, 0.2) is 42.5 Å². The van der Waals surface area contributed by atoms with E-state index in [-0.39, 0.29) is 30.3 Å². The number of carbonyl (C=O) groups excluding carboxylic acids is 1. The summed E-state index contributed by atoms with van der Waals surface area (Å²) < 4.78 is 39.4. The van der Waals surface area contributed by atoms with Gasteiger partial charge in [0.25, 0.3) is 0 Å². The van der Waals surface area contributed by atoms with E-state index in [0.29, 0.717) is 5.56 Å². The van der Waals surface area contributed by atoms with Gasteiger partial charge in [0.05, 0.1) is 6.54 Å². The second-order valence-corrected chi connectivity index (χ2v) is 4.82. The van der Waals surface area contributed by atoms with Crippen molar-refractivity contribution in [3.63, 3.8) is 0 Å². The Morgan fingerprint density at radius 3 is 2.38 bits per heavy atom. The van der Waals surface area contributed by atoms with Crippen LogP contribution < -0.4 is 0 Å². The first-order valence-corrected chi connectivity index (χ1v) is 6.37. The number of halogens is 3. The van der Waals surface area contributed by atoms with Crippen molar-refractivity contribution in [2.75, 3.05) is 13.6 Å². The molecule has 0 spiro atoms. The highest BCUT2D eigenvalue weighted by Gasteiger charge is 2.13. The maximum atomic E-state index is 13.5. The molecule has 0 atom stereocenters. The van der Waals surface area contributed by atoms with Gasteiger partial charge in [-0.25, -0.2) is 13.2 Å². The normalized spacial score (nSPS) is 10.9. The number of nitrogens with zero attached hydrogens (tertiary/aromatic N) is 1. The molecule has 0 fully saturated rings. The molecule has 0 N–H and O–H groups in total. The van der Waals surface area contributed by atoms with E-state index >= 15 is 0 Å². The molecule has 2 rings (SSSR count). The summed E-state index contributed by atoms with van der Waals surface area (Å²) in [6, 6.07) is 9.30. The highest BCUT2D eigenvalue weighted by Crippen LogP contribution is 2.12. The van der Waals surface area contributed by atoms with Crippen LogP contribution in [0.3, 0.4) is 0 Å². The van der Waals surface area contributed by atoms with Crippen molar-refractivity contribution in [1.82, 2.24) is 4.90 Å². The number of hydrogen-bond donors (Lipinski definition) is 0. The van der Waals surface area contributed by atoms with Crippen molar-refractivity contribution < 1.29 is 18.0 Å². The van der Waals surface area contributed by atoms with Crippen LogP contribution in [-0.2, 0) is 6.54 Å². The van der Waals surface area contributed by atoms with E-state index in [4.69, 9.17) is 0 Å². The van der Waals surface area contributed by atoms with Crippen LogP contribution in [-0.4, -0.2) is 24.3 Å². The van der Waals surface area contributed by atoms with E-state index in [1.54, 1.807) is 30.1 Å². The summed E-state index contributed by atoms with van der Waals surface area (Å²) >= 11 is 0. The molecule has 2 aromatic rings. The molecular formula is C16H14F3NO. The number of ketones is 1. The molecule has 0 unspecified atom stereocenters. The van der Waals surface area contributed by atoms with Gasteiger partial charge in [-0.2, -0.15) is 0 Å². The SMILES string of the molecule is CN(CC(=O)c1ccc(F)c(F)c1)Cc1ccccc1F. The predicted molar refractivity (Wildman–Crippen MR) is 73.4 cm³/mol. The highest BCUT2D eigenvalue weighted by atomic mass is 19.2. The van der Waals surface area contributed by atoms with Crippen LogP contribution in [0.1, 0.15) is 15.9 Å². The second-order valence-electron chi connectivity index (χ2n) is 4.82. The van der Waals surface area contributed by atoms with E-state index in [1.165, 1.54) is 12.1 Å². The average Bonchev–Trinajstić information content (AvgIpc) is 2.44. The van der Waals surface area contributed by atoms with Crippen LogP contribution in [0.2, 0.25) is 0 Å². The Balaban J connectivity index is 2.02. The zero-order chi connectivity index (χ0) is 15.4. The lowest BCUT2D eigenvalue weighted by molar-refractivity contribution is 0.0942. The Hall–Kier alpha value is -2.14. The van der Waals surface area contributed by atoms with Crippen molar-refractivity contribution in [2.24, 2.45) is 0 Å². The molecule has 0 heterocycles. The molecule has 2 aromatic carbocycles. The molecule has 0 bridgehead atoms. The number of benzene rings is 2. The summed E-state index contributed by atoms with van der Waals surface area (Å²) in [5, 5.41) is 0. The molecule has 0 radical (unpaired) electrons. The largest absolute Gasteiger partial charge is 0.294 e. The lowest BCUT2D eigenvalue weighted by Gasteiger charge is -2.16. The summed E-state index contributed by atoms with van der Waals surface area (Å²) in [5.41, 5.74) is 0.562. The average molecular weight is 293 g/mol. The number of hydrogen-bond acceptors (Lipinski definition) is 2. The lowest BCUT2D eigenvalue weighted by atomic mass is 10.1. The predicted octanol–water partition coefficient (Wildman–Crippen LogP) is 3.42.